The Hall–Kier alpha value is -1.75. The van der Waals surface area contributed by atoms with Crippen LogP contribution < -0.4 is 10.1 Å². The third kappa shape index (κ3) is 4.74. The third-order valence-corrected chi connectivity index (χ3v) is 2.12. The molecule has 0 aliphatic carbocycles. The van der Waals surface area contributed by atoms with Crippen molar-refractivity contribution in [2.75, 3.05) is 20.3 Å². The second kappa shape index (κ2) is 6.75. The highest BCUT2D eigenvalue weighted by molar-refractivity contribution is 5.80. The number of amides is 1. The lowest BCUT2D eigenvalue weighted by Crippen LogP contribution is -2.37. The average Bonchev–Trinajstić information content (AvgIpc) is 2.32. The molecule has 5 heteroatoms. The Morgan fingerprint density at radius 2 is 2.06 bits per heavy atom. The number of ether oxygens (including phenoxy) is 2. The molecule has 1 aromatic carbocycles. The Kier molecular flexibility index (Phi) is 5.29. The van der Waals surface area contributed by atoms with Crippen molar-refractivity contribution in [3.63, 3.8) is 0 Å². The van der Waals surface area contributed by atoms with Crippen molar-refractivity contribution in [1.82, 2.24) is 5.32 Å². The highest BCUT2D eigenvalue weighted by atomic mass is 16.5. The summed E-state index contributed by atoms with van der Waals surface area (Å²) in [6.07, 6.45) is -0.587. The van der Waals surface area contributed by atoms with E-state index in [1.807, 2.05) is 0 Å². The quantitative estimate of drug-likeness (QED) is 0.724. The molecule has 0 saturated heterocycles. The van der Waals surface area contributed by atoms with Crippen LogP contribution in [0.4, 0.5) is 0 Å². The number of carbonyl (C=O) groups is 1. The molecule has 1 unspecified atom stereocenters. The molecule has 0 spiro atoms. The van der Waals surface area contributed by atoms with Gasteiger partial charge in [0.1, 0.15) is 11.5 Å². The minimum Gasteiger partial charge on any atom is -0.508 e. The molecule has 0 aromatic heterocycles. The summed E-state index contributed by atoms with van der Waals surface area (Å²) >= 11 is 0. The molecule has 1 amide bonds. The molecule has 2 N–H and O–H groups in total. The molecule has 1 aromatic rings. The maximum Gasteiger partial charge on any atom is 0.260 e. The van der Waals surface area contributed by atoms with Gasteiger partial charge in [-0.1, -0.05) is 0 Å². The van der Waals surface area contributed by atoms with E-state index in [9.17, 15) is 4.79 Å². The number of nitrogens with one attached hydrogen (secondary N) is 1. The predicted molar refractivity (Wildman–Crippen MR) is 63.1 cm³/mol. The molecular weight excluding hydrogens is 222 g/mol. The van der Waals surface area contributed by atoms with E-state index in [0.717, 1.165) is 0 Å². The van der Waals surface area contributed by atoms with Gasteiger partial charge in [-0.15, -0.1) is 0 Å². The van der Waals surface area contributed by atoms with Crippen molar-refractivity contribution in [1.29, 1.82) is 0 Å². The Balaban J connectivity index is 2.40. The standard InChI is InChI=1S/C12H17NO4/c1-9(12(15)13-7-8-16-2)17-11-5-3-10(14)4-6-11/h3-6,9,14H,7-8H2,1-2H3,(H,13,15). The first-order valence-electron chi connectivity index (χ1n) is 5.36. The maximum absolute atomic E-state index is 11.5. The molecule has 94 valence electrons. The zero-order valence-corrected chi connectivity index (χ0v) is 9.97. The van der Waals surface area contributed by atoms with Crippen LogP contribution in [0.1, 0.15) is 6.92 Å². The van der Waals surface area contributed by atoms with Crippen LogP contribution in [0.25, 0.3) is 0 Å². The van der Waals surface area contributed by atoms with Crippen LogP contribution >= 0.6 is 0 Å². The van der Waals surface area contributed by atoms with E-state index in [1.165, 1.54) is 12.1 Å². The first kappa shape index (κ1) is 13.3. The van der Waals surface area contributed by atoms with Gasteiger partial charge in [-0.05, 0) is 31.2 Å². The zero-order chi connectivity index (χ0) is 12.7. The minimum atomic E-state index is -0.587. The highest BCUT2D eigenvalue weighted by Crippen LogP contribution is 2.17. The number of hydrogen-bond donors (Lipinski definition) is 2. The van der Waals surface area contributed by atoms with E-state index in [2.05, 4.69) is 5.32 Å². The summed E-state index contributed by atoms with van der Waals surface area (Å²) in [5.74, 6) is 0.502. The minimum absolute atomic E-state index is 0.162. The van der Waals surface area contributed by atoms with E-state index in [1.54, 1.807) is 26.2 Å². The zero-order valence-electron chi connectivity index (χ0n) is 9.97. The molecule has 1 atom stereocenters. The molecule has 0 radical (unpaired) electrons. The van der Waals surface area contributed by atoms with Crippen LogP contribution in [0.3, 0.4) is 0 Å². The lowest BCUT2D eigenvalue weighted by atomic mass is 10.3. The summed E-state index contributed by atoms with van der Waals surface area (Å²) in [6.45, 7) is 2.59. The Morgan fingerprint density at radius 3 is 2.65 bits per heavy atom. The SMILES string of the molecule is COCCNC(=O)C(C)Oc1ccc(O)cc1. The van der Waals surface area contributed by atoms with Gasteiger partial charge in [-0.25, -0.2) is 0 Å². The largest absolute Gasteiger partial charge is 0.508 e. The number of rotatable bonds is 6. The van der Waals surface area contributed by atoms with Crippen molar-refractivity contribution < 1.29 is 19.4 Å². The molecule has 1 rings (SSSR count). The summed E-state index contributed by atoms with van der Waals surface area (Å²) < 4.78 is 10.2. The Bertz CT molecular complexity index is 350. The summed E-state index contributed by atoms with van der Waals surface area (Å²) in [4.78, 5) is 11.5. The van der Waals surface area contributed by atoms with Crippen molar-refractivity contribution in [2.45, 2.75) is 13.0 Å². The van der Waals surface area contributed by atoms with E-state index in [0.29, 0.717) is 18.9 Å². The van der Waals surface area contributed by atoms with Crippen LogP contribution in [-0.4, -0.2) is 37.4 Å². The van der Waals surface area contributed by atoms with Gasteiger partial charge in [0, 0.05) is 13.7 Å². The molecule has 0 aliphatic heterocycles. The summed E-state index contributed by atoms with van der Waals surface area (Å²) in [5.41, 5.74) is 0. The second-order valence-electron chi connectivity index (χ2n) is 3.54. The lowest BCUT2D eigenvalue weighted by Gasteiger charge is -2.14. The van der Waals surface area contributed by atoms with Crippen molar-refractivity contribution in [3.8, 4) is 11.5 Å². The molecular formula is C12H17NO4. The Morgan fingerprint density at radius 1 is 1.41 bits per heavy atom. The molecule has 0 heterocycles. The first-order valence-corrected chi connectivity index (χ1v) is 5.36. The van der Waals surface area contributed by atoms with E-state index in [4.69, 9.17) is 14.6 Å². The molecule has 0 aliphatic rings. The third-order valence-electron chi connectivity index (χ3n) is 2.12. The summed E-state index contributed by atoms with van der Waals surface area (Å²) in [5, 5.41) is 11.8. The maximum atomic E-state index is 11.5. The van der Waals surface area contributed by atoms with Gasteiger partial charge in [0.05, 0.1) is 6.61 Å². The summed E-state index contributed by atoms with van der Waals surface area (Å²) in [6, 6.07) is 6.22. The normalized spacial score (nSPS) is 11.9. The van der Waals surface area contributed by atoms with Gasteiger partial charge in [-0.2, -0.15) is 0 Å². The van der Waals surface area contributed by atoms with E-state index < -0.39 is 6.10 Å². The van der Waals surface area contributed by atoms with Gasteiger partial charge in [-0.3, -0.25) is 4.79 Å². The van der Waals surface area contributed by atoms with Gasteiger partial charge in [0.15, 0.2) is 6.10 Å². The topological polar surface area (TPSA) is 67.8 Å². The van der Waals surface area contributed by atoms with Crippen molar-refractivity contribution >= 4 is 5.91 Å². The number of aromatic hydroxyl groups is 1. The van der Waals surface area contributed by atoms with E-state index in [-0.39, 0.29) is 11.7 Å². The first-order chi connectivity index (χ1) is 8.13. The number of benzene rings is 1. The number of methoxy groups -OCH3 is 1. The fraction of sp³-hybridized carbons (Fsp3) is 0.417. The van der Waals surface area contributed by atoms with Crippen LogP contribution in [-0.2, 0) is 9.53 Å². The molecule has 0 bridgehead atoms. The smallest absolute Gasteiger partial charge is 0.260 e. The lowest BCUT2D eigenvalue weighted by molar-refractivity contribution is -0.127. The number of hydrogen-bond acceptors (Lipinski definition) is 4. The van der Waals surface area contributed by atoms with Gasteiger partial charge >= 0.3 is 0 Å². The van der Waals surface area contributed by atoms with Crippen LogP contribution in [0.15, 0.2) is 24.3 Å². The second-order valence-corrected chi connectivity index (χ2v) is 3.54. The van der Waals surface area contributed by atoms with Crippen LogP contribution in [0.5, 0.6) is 11.5 Å². The van der Waals surface area contributed by atoms with Gasteiger partial charge in [0.25, 0.3) is 5.91 Å². The molecule has 17 heavy (non-hydrogen) atoms. The van der Waals surface area contributed by atoms with Gasteiger partial charge in [0.2, 0.25) is 0 Å². The monoisotopic (exact) mass is 239 g/mol. The van der Waals surface area contributed by atoms with Crippen LogP contribution in [0, 0.1) is 0 Å². The van der Waals surface area contributed by atoms with Crippen LogP contribution in [0.2, 0.25) is 0 Å². The fourth-order valence-corrected chi connectivity index (χ4v) is 1.20. The van der Waals surface area contributed by atoms with E-state index >= 15 is 0 Å². The molecule has 5 nitrogen and oxygen atoms in total. The van der Waals surface area contributed by atoms with Crippen molar-refractivity contribution in [2.24, 2.45) is 0 Å². The van der Waals surface area contributed by atoms with Crippen molar-refractivity contribution in [3.05, 3.63) is 24.3 Å². The number of phenolic OH excluding ortho intramolecular Hbond substituents is 1. The summed E-state index contributed by atoms with van der Waals surface area (Å²) in [7, 11) is 1.57. The average molecular weight is 239 g/mol. The number of phenols is 1. The fourth-order valence-electron chi connectivity index (χ4n) is 1.20. The molecule has 0 saturated carbocycles. The Labute approximate surface area is 100 Å². The molecule has 0 fully saturated rings. The highest BCUT2D eigenvalue weighted by Gasteiger charge is 2.13. The van der Waals surface area contributed by atoms with Gasteiger partial charge < -0.3 is 19.9 Å². The number of carbonyl (C=O) groups excluding carboxylic acids is 1. The predicted octanol–water partition coefficient (Wildman–Crippen LogP) is 0.922.